The molecule has 0 bridgehead atoms. The Morgan fingerprint density at radius 2 is 0.664 bits per heavy atom. The third-order valence-electron chi connectivity index (χ3n) is 19.5. The number of allylic oxidation sites excluding steroid dienone is 4. The van der Waals surface area contributed by atoms with Gasteiger partial charge in [0, 0.05) is 113 Å². The lowest BCUT2D eigenvalue weighted by molar-refractivity contribution is -0.138. The van der Waals surface area contributed by atoms with E-state index in [0.717, 1.165) is 52.3 Å². The Morgan fingerprint density at radius 1 is 0.344 bits per heavy atom. The second kappa shape index (κ2) is 37.7. The monoisotopic (exact) mass is 1930 g/mol. The van der Waals surface area contributed by atoms with E-state index in [9.17, 15) is 79.2 Å². The van der Waals surface area contributed by atoms with Crippen LogP contribution in [-0.4, -0.2) is 102 Å². The maximum absolute atomic E-state index is 13.4. The quantitative estimate of drug-likeness (QED) is 0.0383. The highest BCUT2D eigenvalue weighted by atomic mass is 35.5. The van der Waals surface area contributed by atoms with Gasteiger partial charge in [-0.05, 0) is 164 Å². The molecule has 12 aromatic rings. The zero-order valence-corrected chi connectivity index (χ0v) is 74.5. The number of hydrogen-bond acceptors (Lipinski definition) is 21. The number of benzene rings is 4. The van der Waals surface area contributed by atoms with Gasteiger partial charge >= 0.3 is 12.4 Å². The summed E-state index contributed by atoms with van der Waals surface area (Å²) < 4.78 is 192. The Kier molecular flexibility index (Phi) is 27.6. The Balaban J connectivity index is 0.000000146. The molecule has 656 valence electrons. The first kappa shape index (κ1) is 93.6. The molecule has 0 fully saturated rings. The topological polar surface area (TPSA) is 369 Å². The second-order valence-electron chi connectivity index (χ2n) is 28.9. The van der Waals surface area contributed by atoms with Crippen molar-refractivity contribution in [3.05, 3.63) is 343 Å². The van der Waals surface area contributed by atoms with Gasteiger partial charge in [0.25, 0.3) is 40.1 Å². The SMILES string of the molecule is Cc1cnc(C(=O)c2ccnc3c2C=CC3)c(NS(=O)(=O)c2ccc(Cl)c(C(C)C)c2)c1.Cc1cnc(C(=O)c2ccnc3c2C=CC3)c(NS(=O)(=O)c2ccc(Cl)c(C(F)(F)F)c2)c1.Cc1cnc(C(=O)c2ncnc3c2C=CC3)c(NS(=O)(=O)c2ccc(Cl)c(C(F)(F)F)c2)c1.O=C(c1ccnc2c1C=CC2)c1ncc(Cl)cc1NS(=O)(=O)c1ccc(Cl)c(Cl)c1. The van der Waals surface area contributed by atoms with Gasteiger partial charge in [-0.2, -0.15) is 26.3 Å². The van der Waals surface area contributed by atoms with Crippen LogP contribution in [0.1, 0.15) is 163 Å². The molecule has 0 spiro atoms. The molecule has 25 nitrogen and oxygen atoms in total. The van der Waals surface area contributed by atoms with Crippen molar-refractivity contribution in [3.8, 4) is 0 Å². The van der Waals surface area contributed by atoms with E-state index in [0.29, 0.717) is 93.2 Å². The Hall–Kier alpha value is -12.0. The van der Waals surface area contributed by atoms with Crippen LogP contribution >= 0.6 is 69.6 Å². The van der Waals surface area contributed by atoms with Crippen LogP contribution in [0.2, 0.25) is 30.1 Å². The van der Waals surface area contributed by atoms with Crippen molar-refractivity contribution >= 4 is 180 Å². The van der Waals surface area contributed by atoms with Crippen molar-refractivity contribution in [2.24, 2.45) is 0 Å². The first-order valence-electron chi connectivity index (χ1n) is 37.6. The fourth-order valence-electron chi connectivity index (χ4n) is 13.3. The standard InChI is InChI=1S/C24H22ClN3O3S.C22H15ClF3N3O3S.C21H14ClF3N4O3S.C20H12Cl3N3O3S/c1-14(2)19-12-16(7-8-20(19)25)32(30,31)28-22-11-15(3)13-27-23(22)24(29)18-9-10-26-21-6-4-5-17(18)21;1-12-9-19(29-33(31,32)13-5-6-17(23)16(10-13)22(24,25)26)20(28-11-12)21(30)15-7-8-27-18-4-2-3-14(15)18;1-11-7-17(29-33(31,32)12-5-6-15(22)14(8-12)21(23,24)25)19(26-9-11)20(30)18-13-3-2-4-16(13)27-10-28-18;21-11-8-18(26-30(28,29)12-4-5-15(22)16(23)9-12)19(25-10-11)20(27)14-6-7-24-17-3-1-2-13(14)17/h4-5,7-14,28H,6H2,1-3H3;2-3,5-11,29H,4H2,1H3;2-3,5-10,29H,4H2,1H3;1-2,4-10,26H,3H2. The minimum atomic E-state index is -4.85. The van der Waals surface area contributed by atoms with Gasteiger partial charge in [0.05, 0.1) is 101 Å². The van der Waals surface area contributed by atoms with E-state index >= 15 is 0 Å². The highest BCUT2D eigenvalue weighted by Gasteiger charge is 2.38. The van der Waals surface area contributed by atoms with Crippen LogP contribution in [0.5, 0.6) is 0 Å². The van der Waals surface area contributed by atoms with Crippen LogP contribution in [-0.2, 0) is 78.1 Å². The van der Waals surface area contributed by atoms with Crippen molar-refractivity contribution in [1.29, 1.82) is 0 Å². The largest absolute Gasteiger partial charge is 0.417 e. The van der Waals surface area contributed by atoms with Crippen molar-refractivity contribution in [2.75, 3.05) is 18.9 Å². The number of aromatic nitrogens is 9. The average Bonchev–Trinajstić information content (AvgIpc) is 1.51. The third kappa shape index (κ3) is 20.9. The summed E-state index contributed by atoms with van der Waals surface area (Å²) in [6, 6.07) is 23.3. The lowest BCUT2D eigenvalue weighted by Crippen LogP contribution is -2.19. The summed E-state index contributed by atoms with van der Waals surface area (Å²) >= 11 is 35.2. The molecule has 4 aliphatic rings. The first-order chi connectivity index (χ1) is 60.4. The zero-order chi connectivity index (χ0) is 92.4. The van der Waals surface area contributed by atoms with Crippen LogP contribution in [0.4, 0.5) is 49.1 Å². The third-order valence-corrected chi connectivity index (χ3v) is 26.9. The number of nitrogens with one attached hydrogen (secondary N) is 4. The number of carbonyl (C=O) groups is 4. The molecule has 8 heterocycles. The maximum Gasteiger partial charge on any atom is 0.417 e. The van der Waals surface area contributed by atoms with Gasteiger partial charge in [-0.1, -0.05) is 132 Å². The molecule has 0 saturated heterocycles. The molecule has 128 heavy (non-hydrogen) atoms. The van der Waals surface area contributed by atoms with E-state index in [1.54, 1.807) is 81.7 Å². The highest BCUT2D eigenvalue weighted by molar-refractivity contribution is 7.93. The van der Waals surface area contributed by atoms with E-state index in [4.69, 9.17) is 69.6 Å². The molecule has 0 saturated carbocycles. The molecule has 0 amide bonds. The number of fused-ring (bicyclic) bond motifs is 4. The highest BCUT2D eigenvalue weighted by Crippen LogP contribution is 2.41. The summed E-state index contributed by atoms with van der Waals surface area (Å²) in [4.78, 5) is 89.1. The van der Waals surface area contributed by atoms with Crippen molar-refractivity contribution in [3.63, 3.8) is 0 Å². The van der Waals surface area contributed by atoms with Gasteiger partial charge in [-0.25, -0.2) is 48.6 Å². The Bertz CT molecular complexity index is 7020. The molecule has 16 rings (SSSR count). The Morgan fingerprint density at radius 3 is 1.03 bits per heavy atom. The molecule has 4 aliphatic carbocycles. The number of sulfonamides is 4. The predicted octanol–water partition coefficient (Wildman–Crippen LogP) is 19.7. The number of anilines is 4. The molecule has 41 heteroatoms. The molecular weight excluding hydrogens is 1870 g/mol. The number of aryl methyl sites for hydroxylation is 3. The van der Waals surface area contributed by atoms with Crippen molar-refractivity contribution in [2.45, 2.75) is 98.2 Å². The second-order valence-corrected chi connectivity index (χ2v) is 38.1. The van der Waals surface area contributed by atoms with Gasteiger partial charge in [0.2, 0.25) is 23.1 Å². The van der Waals surface area contributed by atoms with E-state index in [-0.39, 0.29) is 93.3 Å². The van der Waals surface area contributed by atoms with Gasteiger partial charge in [-0.3, -0.25) is 68.0 Å². The van der Waals surface area contributed by atoms with Gasteiger partial charge in [0.15, 0.2) is 0 Å². The lowest BCUT2D eigenvalue weighted by Gasteiger charge is -2.15. The molecule has 8 aromatic heterocycles. The van der Waals surface area contributed by atoms with E-state index < -0.39 is 101 Å². The normalized spacial score (nSPS) is 12.9. The van der Waals surface area contributed by atoms with Crippen LogP contribution in [0.25, 0.3) is 24.3 Å². The molecule has 4 aromatic carbocycles. The van der Waals surface area contributed by atoms with Gasteiger partial charge < -0.3 is 0 Å². The number of rotatable bonds is 21. The Labute approximate surface area is 758 Å². The van der Waals surface area contributed by atoms with Crippen molar-refractivity contribution in [1.82, 2.24) is 44.9 Å². The number of ketones is 4. The van der Waals surface area contributed by atoms with E-state index in [1.807, 2.05) is 44.2 Å². The first-order valence-corrected chi connectivity index (χ1v) is 45.8. The van der Waals surface area contributed by atoms with Crippen LogP contribution < -0.4 is 18.9 Å². The molecule has 0 radical (unpaired) electrons. The fourth-order valence-corrected chi connectivity index (χ4v) is 19.0. The predicted molar refractivity (Wildman–Crippen MR) is 474 cm³/mol. The number of pyridine rings is 7. The summed E-state index contributed by atoms with van der Waals surface area (Å²) in [5.74, 6) is -1.98. The average molecular weight is 1940 g/mol. The van der Waals surface area contributed by atoms with Crippen LogP contribution in [0.3, 0.4) is 0 Å². The summed E-state index contributed by atoms with van der Waals surface area (Å²) in [7, 11) is -17.1. The van der Waals surface area contributed by atoms with E-state index in [1.165, 1.54) is 85.8 Å². The van der Waals surface area contributed by atoms with Gasteiger partial charge in [-0.15, -0.1) is 0 Å². The minimum Gasteiger partial charge on any atom is -0.287 e. The van der Waals surface area contributed by atoms with E-state index in [2.05, 4.69) is 63.7 Å². The fraction of sp³-hybridized carbons (Fsp3) is 0.138. The maximum atomic E-state index is 13.4. The summed E-state index contributed by atoms with van der Waals surface area (Å²) in [5, 5.41) is -0.297. The molecular formula is C87H63Cl6F6N13O12S4. The number of hydrogen-bond donors (Lipinski definition) is 4. The number of alkyl halides is 6. The van der Waals surface area contributed by atoms with Crippen molar-refractivity contribution < 1.29 is 79.2 Å². The molecule has 4 N–H and O–H groups in total. The van der Waals surface area contributed by atoms with Gasteiger partial charge in [0.1, 0.15) is 34.8 Å². The molecule has 0 unspecified atom stereocenters. The number of halogens is 12. The summed E-state index contributed by atoms with van der Waals surface area (Å²) in [6.45, 7) is 8.91. The lowest BCUT2D eigenvalue weighted by atomic mass is 10.0. The molecule has 0 atom stereocenters. The molecule has 0 aliphatic heterocycles. The minimum absolute atomic E-state index is 0.0333. The number of carbonyl (C=O) groups excluding carboxylic acids is 4. The zero-order valence-electron chi connectivity index (χ0n) is 66.7. The van der Waals surface area contributed by atoms with Crippen LogP contribution in [0.15, 0.2) is 209 Å². The number of nitrogens with zero attached hydrogens (tertiary/aromatic N) is 9. The summed E-state index contributed by atoms with van der Waals surface area (Å²) in [6.07, 6.45) is 18.7. The van der Waals surface area contributed by atoms with Crippen LogP contribution in [0, 0.1) is 20.8 Å². The smallest absolute Gasteiger partial charge is 0.287 e. The summed E-state index contributed by atoms with van der Waals surface area (Å²) in [5.41, 5.74) is 5.78.